The Hall–Kier alpha value is -7.10. The van der Waals surface area contributed by atoms with Crippen molar-refractivity contribution < 1.29 is 4.74 Å². The fourth-order valence-corrected chi connectivity index (χ4v) is 9.18. The van der Waals surface area contributed by atoms with Gasteiger partial charge in [0, 0.05) is 38.8 Å². The fourth-order valence-electron chi connectivity index (χ4n) is 9.18. The van der Waals surface area contributed by atoms with Gasteiger partial charge in [-0.1, -0.05) is 159 Å². The Labute approximate surface area is 333 Å². The van der Waals surface area contributed by atoms with Gasteiger partial charge in [-0.25, -0.2) is 0 Å². The second-order valence-electron chi connectivity index (χ2n) is 15.8. The predicted octanol–water partition coefficient (Wildman–Crippen LogP) is 14.6. The van der Waals surface area contributed by atoms with E-state index < -0.39 is 0 Å². The summed E-state index contributed by atoms with van der Waals surface area (Å²) in [6.45, 7) is 4.70. The number of benzene rings is 9. The Balaban J connectivity index is 0.992. The van der Waals surface area contributed by atoms with E-state index in [4.69, 9.17) is 4.74 Å². The fraction of sp³-hybridized carbons (Fsp3) is 0.0741. The van der Waals surface area contributed by atoms with Crippen molar-refractivity contribution in [3.63, 3.8) is 0 Å². The first-order chi connectivity index (χ1) is 28.0. The van der Waals surface area contributed by atoms with E-state index in [-0.39, 0.29) is 11.6 Å². The molecule has 0 fully saturated rings. The van der Waals surface area contributed by atoms with Gasteiger partial charge in [-0.3, -0.25) is 0 Å². The molecule has 1 unspecified atom stereocenters. The van der Waals surface area contributed by atoms with E-state index >= 15 is 0 Å². The molecular formula is C54H40N2O. The van der Waals surface area contributed by atoms with Gasteiger partial charge in [0.15, 0.2) is 12.0 Å². The van der Waals surface area contributed by atoms with Gasteiger partial charge in [0.1, 0.15) is 0 Å². The highest BCUT2D eigenvalue weighted by atomic mass is 16.5. The highest BCUT2D eigenvalue weighted by molar-refractivity contribution is 6.18. The van der Waals surface area contributed by atoms with E-state index in [0.717, 1.165) is 45.0 Å². The van der Waals surface area contributed by atoms with E-state index in [9.17, 15) is 0 Å². The van der Waals surface area contributed by atoms with Crippen molar-refractivity contribution in [3.8, 4) is 39.1 Å². The minimum Gasteiger partial charge on any atom is -0.464 e. The molecule has 0 saturated heterocycles. The molecule has 3 heteroatoms. The molecule has 1 heterocycles. The number of anilines is 4. The third kappa shape index (κ3) is 5.42. The number of nitrogens with one attached hydrogen (secondary N) is 1. The highest BCUT2D eigenvalue weighted by Gasteiger charge is 2.36. The normalized spacial score (nSPS) is 14.7. The molecule has 0 bridgehead atoms. The molecule has 11 rings (SSSR count). The zero-order chi connectivity index (χ0) is 38.1. The minimum atomic E-state index is -0.230. The lowest BCUT2D eigenvalue weighted by Crippen LogP contribution is -2.16. The quantitative estimate of drug-likeness (QED) is 0.172. The zero-order valence-corrected chi connectivity index (χ0v) is 31.9. The second kappa shape index (κ2) is 13.0. The minimum absolute atomic E-state index is 0.0986. The van der Waals surface area contributed by atoms with Crippen LogP contribution in [0.3, 0.4) is 0 Å². The molecular weight excluding hydrogens is 693 g/mol. The standard InChI is InChI=1S/C54H40N2O/c1-54(2)49-20-12-11-18-44(49)45-32-30-42(34-50(45)54)56(40-26-21-36(22-27-40)35-13-5-3-6-14-35)41-28-23-37(24-29-41)39-25-31-47-48(33-39)43-17-9-10-19-46(43)51-52(47)57-53(55-51)38-15-7-4-8-16-38/h3-34,53,55H,1-2H3. The monoisotopic (exact) mass is 732 g/mol. The Morgan fingerprint density at radius 2 is 1.00 bits per heavy atom. The van der Waals surface area contributed by atoms with E-state index in [1.54, 1.807) is 0 Å². The van der Waals surface area contributed by atoms with Crippen molar-refractivity contribution in [2.45, 2.75) is 25.5 Å². The largest absolute Gasteiger partial charge is 0.464 e. The summed E-state index contributed by atoms with van der Waals surface area (Å²) in [7, 11) is 0. The maximum Gasteiger partial charge on any atom is 0.196 e. The van der Waals surface area contributed by atoms with Crippen molar-refractivity contribution in [1.82, 2.24) is 0 Å². The van der Waals surface area contributed by atoms with Crippen LogP contribution in [0, 0.1) is 0 Å². The lowest BCUT2D eigenvalue weighted by atomic mass is 9.82. The SMILES string of the molecule is CC1(C)c2ccccc2-c2ccc(N(c3ccc(-c4ccccc4)cc3)c3ccc(-c4ccc5c6c(c7ccccc7c5c4)NC(c4ccccc4)O6)cc3)cc21. The number of ether oxygens (including phenoxy) is 1. The molecule has 0 aromatic heterocycles. The van der Waals surface area contributed by atoms with Gasteiger partial charge in [0.25, 0.3) is 0 Å². The first kappa shape index (κ1) is 33.3. The van der Waals surface area contributed by atoms with Crippen molar-refractivity contribution in [2.75, 3.05) is 10.2 Å². The van der Waals surface area contributed by atoms with Crippen molar-refractivity contribution in [1.29, 1.82) is 0 Å². The van der Waals surface area contributed by atoms with Gasteiger partial charge in [0.2, 0.25) is 0 Å². The maximum atomic E-state index is 6.66. The number of rotatable bonds is 6. The smallest absolute Gasteiger partial charge is 0.196 e. The Morgan fingerprint density at radius 1 is 0.439 bits per heavy atom. The lowest BCUT2D eigenvalue weighted by molar-refractivity contribution is 0.262. The molecule has 0 radical (unpaired) electrons. The topological polar surface area (TPSA) is 24.5 Å². The average Bonchev–Trinajstić information content (AvgIpc) is 3.82. The van der Waals surface area contributed by atoms with Crippen molar-refractivity contribution in [2.24, 2.45) is 0 Å². The number of hydrogen-bond donors (Lipinski definition) is 1. The van der Waals surface area contributed by atoms with Crippen LogP contribution in [0.5, 0.6) is 5.75 Å². The molecule has 3 nitrogen and oxygen atoms in total. The van der Waals surface area contributed by atoms with E-state index in [1.165, 1.54) is 55.1 Å². The molecule has 9 aromatic rings. The summed E-state index contributed by atoms with van der Waals surface area (Å²) < 4.78 is 6.66. The summed E-state index contributed by atoms with van der Waals surface area (Å²) in [6.07, 6.45) is -0.230. The third-order valence-electron chi connectivity index (χ3n) is 12.1. The van der Waals surface area contributed by atoms with E-state index in [1.807, 2.05) is 6.07 Å². The Bertz CT molecular complexity index is 2970. The van der Waals surface area contributed by atoms with E-state index in [2.05, 4.69) is 212 Å². The zero-order valence-electron chi connectivity index (χ0n) is 31.9. The number of nitrogens with zero attached hydrogens (tertiary/aromatic N) is 1. The van der Waals surface area contributed by atoms with Crippen LogP contribution in [-0.4, -0.2) is 0 Å². The molecule has 1 atom stereocenters. The van der Waals surface area contributed by atoms with Crippen LogP contribution in [0.4, 0.5) is 22.7 Å². The van der Waals surface area contributed by atoms with Crippen LogP contribution in [0.15, 0.2) is 194 Å². The highest BCUT2D eigenvalue weighted by Crippen LogP contribution is 2.52. The average molecular weight is 733 g/mol. The molecule has 57 heavy (non-hydrogen) atoms. The van der Waals surface area contributed by atoms with Crippen LogP contribution < -0.4 is 15.0 Å². The molecule has 9 aromatic carbocycles. The van der Waals surface area contributed by atoms with Gasteiger partial charge < -0.3 is 15.0 Å². The molecule has 1 N–H and O–H groups in total. The lowest BCUT2D eigenvalue weighted by Gasteiger charge is -2.28. The van der Waals surface area contributed by atoms with Crippen LogP contribution in [0.25, 0.3) is 54.9 Å². The van der Waals surface area contributed by atoms with Gasteiger partial charge in [-0.05, 0) is 104 Å². The van der Waals surface area contributed by atoms with Crippen LogP contribution in [-0.2, 0) is 5.41 Å². The second-order valence-corrected chi connectivity index (χ2v) is 15.8. The number of hydrogen-bond acceptors (Lipinski definition) is 3. The molecule has 272 valence electrons. The maximum absolute atomic E-state index is 6.66. The first-order valence-corrected chi connectivity index (χ1v) is 19.8. The Morgan fingerprint density at radius 3 is 1.74 bits per heavy atom. The summed E-state index contributed by atoms with van der Waals surface area (Å²) in [5.74, 6) is 0.911. The summed E-state index contributed by atoms with van der Waals surface area (Å²) in [5.41, 5.74) is 15.6. The summed E-state index contributed by atoms with van der Waals surface area (Å²) in [6, 6.07) is 70.2. The van der Waals surface area contributed by atoms with Gasteiger partial charge in [-0.2, -0.15) is 0 Å². The van der Waals surface area contributed by atoms with Crippen molar-refractivity contribution >= 4 is 44.3 Å². The number of fused-ring (bicyclic) bond motifs is 9. The summed E-state index contributed by atoms with van der Waals surface area (Å²) in [5, 5.41) is 8.36. The summed E-state index contributed by atoms with van der Waals surface area (Å²) in [4.78, 5) is 2.39. The molecule has 0 saturated carbocycles. The first-order valence-electron chi connectivity index (χ1n) is 19.8. The molecule has 1 aliphatic carbocycles. The Kier molecular flexibility index (Phi) is 7.58. The van der Waals surface area contributed by atoms with Crippen molar-refractivity contribution in [3.05, 3.63) is 211 Å². The van der Waals surface area contributed by atoms with Crippen LogP contribution >= 0.6 is 0 Å². The van der Waals surface area contributed by atoms with E-state index in [0.29, 0.717) is 0 Å². The van der Waals surface area contributed by atoms with Crippen LogP contribution in [0.1, 0.15) is 36.8 Å². The molecule has 1 aliphatic heterocycles. The molecule has 0 spiro atoms. The molecule has 2 aliphatic rings. The van der Waals surface area contributed by atoms with Gasteiger partial charge in [0.05, 0.1) is 5.69 Å². The predicted molar refractivity (Wildman–Crippen MR) is 238 cm³/mol. The summed E-state index contributed by atoms with van der Waals surface area (Å²) >= 11 is 0. The molecule has 0 amide bonds. The van der Waals surface area contributed by atoms with Crippen LogP contribution in [0.2, 0.25) is 0 Å². The third-order valence-corrected chi connectivity index (χ3v) is 12.1. The van der Waals surface area contributed by atoms with Gasteiger partial charge in [-0.15, -0.1) is 0 Å². The van der Waals surface area contributed by atoms with Gasteiger partial charge >= 0.3 is 0 Å².